The number of allylic oxidation sites excluding steroid dienone is 2. The summed E-state index contributed by atoms with van der Waals surface area (Å²) in [6.07, 6.45) is 7.00. The molecule has 0 fully saturated rings. The lowest BCUT2D eigenvalue weighted by atomic mass is 10.2. The van der Waals surface area contributed by atoms with Gasteiger partial charge in [0.1, 0.15) is 6.29 Å². The third-order valence-corrected chi connectivity index (χ3v) is 1.89. The second-order valence-electron chi connectivity index (χ2n) is 3.12. The molecule has 1 aromatic rings. The van der Waals surface area contributed by atoms with E-state index in [1.54, 1.807) is 0 Å². The predicted molar refractivity (Wildman–Crippen MR) is 62.4 cm³/mol. The van der Waals surface area contributed by atoms with E-state index in [9.17, 15) is 4.79 Å². The van der Waals surface area contributed by atoms with Crippen molar-refractivity contribution in [3.05, 3.63) is 48.0 Å². The molecule has 0 saturated heterocycles. The van der Waals surface area contributed by atoms with Gasteiger partial charge in [0.2, 0.25) is 0 Å². The maximum absolute atomic E-state index is 9.96. The standard InChI is InChI=1S/C14H14O/c15-13-9-4-2-1-3-6-10-14-11-7-5-8-12-14/h4-5,7-9,11-13H,1-3H2/b9-4+. The van der Waals surface area contributed by atoms with Gasteiger partial charge >= 0.3 is 0 Å². The predicted octanol–water partition coefficient (Wildman–Crippen LogP) is 2.96. The lowest BCUT2D eigenvalue weighted by molar-refractivity contribution is -0.104. The molecule has 0 atom stereocenters. The highest BCUT2D eigenvalue weighted by Crippen LogP contribution is 1.97. The highest BCUT2D eigenvalue weighted by molar-refractivity contribution is 5.64. The molecular weight excluding hydrogens is 184 g/mol. The molecule has 15 heavy (non-hydrogen) atoms. The van der Waals surface area contributed by atoms with Crippen LogP contribution in [0.3, 0.4) is 0 Å². The molecule has 0 heterocycles. The second-order valence-corrected chi connectivity index (χ2v) is 3.12. The fourth-order valence-electron chi connectivity index (χ4n) is 1.15. The molecule has 0 aliphatic heterocycles. The van der Waals surface area contributed by atoms with Crippen LogP contribution in [0, 0.1) is 11.8 Å². The van der Waals surface area contributed by atoms with Crippen LogP contribution >= 0.6 is 0 Å². The van der Waals surface area contributed by atoms with E-state index >= 15 is 0 Å². The monoisotopic (exact) mass is 198 g/mol. The summed E-state index contributed by atoms with van der Waals surface area (Å²) in [6, 6.07) is 9.95. The van der Waals surface area contributed by atoms with Crippen LogP contribution in [0.1, 0.15) is 24.8 Å². The number of hydrogen-bond donors (Lipinski definition) is 0. The Kier molecular flexibility index (Phi) is 5.69. The first-order valence-corrected chi connectivity index (χ1v) is 5.07. The summed E-state index contributed by atoms with van der Waals surface area (Å²) in [4.78, 5) is 9.96. The summed E-state index contributed by atoms with van der Waals surface area (Å²) >= 11 is 0. The Morgan fingerprint density at radius 1 is 1.20 bits per heavy atom. The minimum atomic E-state index is 0.801. The summed E-state index contributed by atoms with van der Waals surface area (Å²) < 4.78 is 0. The Morgan fingerprint density at radius 2 is 2.00 bits per heavy atom. The van der Waals surface area contributed by atoms with Crippen molar-refractivity contribution in [3.63, 3.8) is 0 Å². The Morgan fingerprint density at radius 3 is 2.73 bits per heavy atom. The SMILES string of the molecule is O=C/C=C/CCCC#Cc1ccccc1. The van der Waals surface area contributed by atoms with Gasteiger partial charge in [-0.1, -0.05) is 36.1 Å². The Hall–Kier alpha value is -1.81. The molecule has 1 heteroatoms. The largest absolute Gasteiger partial charge is 0.299 e. The van der Waals surface area contributed by atoms with Gasteiger partial charge in [0.15, 0.2) is 0 Å². The van der Waals surface area contributed by atoms with Crippen LogP contribution in [0.2, 0.25) is 0 Å². The van der Waals surface area contributed by atoms with Crippen LogP contribution < -0.4 is 0 Å². The average molecular weight is 198 g/mol. The fourth-order valence-corrected chi connectivity index (χ4v) is 1.15. The van der Waals surface area contributed by atoms with Crippen LogP contribution in [0.5, 0.6) is 0 Å². The molecule has 0 saturated carbocycles. The number of hydrogen-bond acceptors (Lipinski definition) is 1. The summed E-state index contributed by atoms with van der Waals surface area (Å²) in [5.74, 6) is 6.20. The van der Waals surface area contributed by atoms with Crippen LogP contribution in [-0.2, 0) is 4.79 Å². The van der Waals surface area contributed by atoms with Crippen molar-refractivity contribution in [2.45, 2.75) is 19.3 Å². The third-order valence-electron chi connectivity index (χ3n) is 1.89. The summed E-state index contributed by atoms with van der Waals surface area (Å²) in [6.45, 7) is 0. The van der Waals surface area contributed by atoms with Gasteiger partial charge in [-0.3, -0.25) is 4.79 Å². The smallest absolute Gasteiger partial charge is 0.142 e. The molecule has 0 spiro atoms. The zero-order chi connectivity index (χ0) is 10.8. The van der Waals surface area contributed by atoms with Crippen molar-refractivity contribution in [2.75, 3.05) is 0 Å². The molecular formula is C14H14O. The molecule has 0 unspecified atom stereocenters. The molecule has 0 radical (unpaired) electrons. The first-order chi connectivity index (χ1) is 7.43. The minimum absolute atomic E-state index is 0.801. The molecule has 0 aliphatic carbocycles. The third kappa shape index (κ3) is 5.49. The highest BCUT2D eigenvalue weighted by atomic mass is 16.1. The lowest BCUT2D eigenvalue weighted by Crippen LogP contribution is -1.73. The molecule has 1 nitrogen and oxygen atoms in total. The van der Waals surface area contributed by atoms with Crippen LogP contribution in [0.4, 0.5) is 0 Å². The van der Waals surface area contributed by atoms with Gasteiger partial charge in [0, 0.05) is 12.0 Å². The van der Waals surface area contributed by atoms with Crippen molar-refractivity contribution in [1.29, 1.82) is 0 Å². The van der Waals surface area contributed by atoms with Gasteiger partial charge in [0.25, 0.3) is 0 Å². The molecule has 0 N–H and O–H groups in total. The zero-order valence-corrected chi connectivity index (χ0v) is 8.65. The van der Waals surface area contributed by atoms with Crippen LogP contribution in [0.15, 0.2) is 42.5 Å². The molecule has 0 aromatic heterocycles. The van der Waals surface area contributed by atoms with Gasteiger partial charge < -0.3 is 0 Å². The molecule has 0 bridgehead atoms. The Labute approximate surface area is 90.8 Å². The number of rotatable bonds is 4. The maximum atomic E-state index is 9.96. The van der Waals surface area contributed by atoms with Gasteiger partial charge in [-0.15, -0.1) is 0 Å². The maximum Gasteiger partial charge on any atom is 0.142 e. The number of unbranched alkanes of at least 4 members (excludes halogenated alkanes) is 2. The quantitative estimate of drug-likeness (QED) is 0.314. The second kappa shape index (κ2) is 7.58. The number of carbonyl (C=O) groups excluding carboxylic acids is 1. The highest BCUT2D eigenvalue weighted by Gasteiger charge is 1.82. The minimum Gasteiger partial charge on any atom is -0.299 e. The van der Waals surface area contributed by atoms with Crippen molar-refractivity contribution < 1.29 is 4.79 Å². The number of benzene rings is 1. The van der Waals surface area contributed by atoms with Crippen molar-refractivity contribution >= 4 is 6.29 Å². The van der Waals surface area contributed by atoms with E-state index in [0.29, 0.717) is 0 Å². The van der Waals surface area contributed by atoms with E-state index in [-0.39, 0.29) is 0 Å². The van der Waals surface area contributed by atoms with Gasteiger partial charge in [-0.25, -0.2) is 0 Å². The normalized spacial score (nSPS) is 9.60. The molecule has 1 rings (SSSR count). The van der Waals surface area contributed by atoms with Crippen molar-refractivity contribution in [2.24, 2.45) is 0 Å². The van der Waals surface area contributed by atoms with Crippen molar-refractivity contribution in [1.82, 2.24) is 0 Å². The van der Waals surface area contributed by atoms with E-state index in [2.05, 4.69) is 11.8 Å². The Bertz CT molecular complexity index is 365. The lowest BCUT2D eigenvalue weighted by Gasteiger charge is -1.88. The summed E-state index contributed by atoms with van der Waals surface area (Å²) in [5.41, 5.74) is 1.06. The topological polar surface area (TPSA) is 17.1 Å². The van der Waals surface area contributed by atoms with E-state index in [1.807, 2.05) is 36.4 Å². The zero-order valence-electron chi connectivity index (χ0n) is 8.65. The van der Waals surface area contributed by atoms with Gasteiger partial charge in [-0.05, 0) is 31.1 Å². The van der Waals surface area contributed by atoms with E-state index in [0.717, 1.165) is 31.1 Å². The van der Waals surface area contributed by atoms with Crippen LogP contribution in [0.25, 0.3) is 0 Å². The van der Waals surface area contributed by atoms with Gasteiger partial charge in [-0.2, -0.15) is 0 Å². The number of carbonyl (C=O) groups is 1. The molecule has 76 valence electrons. The van der Waals surface area contributed by atoms with E-state index in [4.69, 9.17) is 0 Å². The Balaban J connectivity index is 2.23. The summed E-state index contributed by atoms with van der Waals surface area (Å²) in [7, 11) is 0. The first-order valence-electron chi connectivity index (χ1n) is 5.07. The van der Waals surface area contributed by atoms with E-state index in [1.165, 1.54) is 6.08 Å². The number of aldehydes is 1. The molecule has 1 aromatic carbocycles. The summed E-state index contributed by atoms with van der Waals surface area (Å²) in [5, 5.41) is 0. The molecule has 0 amide bonds. The van der Waals surface area contributed by atoms with Crippen LogP contribution in [-0.4, -0.2) is 6.29 Å². The first kappa shape index (κ1) is 11.3. The molecule has 0 aliphatic rings. The van der Waals surface area contributed by atoms with Crippen molar-refractivity contribution in [3.8, 4) is 11.8 Å². The fraction of sp³-hybridized carbons (Fsp3) is 0.214. The van der Waals surface area contributed by atoms with Gasteiger partial charge in [0.05, 0.1) is 0 Å². The average Bonchev–Trinajstić information content (AvgIpc) is 2.29. The van der Waals surface area contributed by atoms with E-state index < -0.39 is 0 Å².